The van der Waals surface area contributed by atoms with Gasteiger partial charge in [0.2, 0.25) is 0 Å². The molecule has 1 atom stereocenters. The van der Waals surface area contributed by atoms with Crippen molar-refractivity contribution in [3.05, 3.63) is 35.9 Å². The van der Waals surface area contributed by atoms with Crippen LogP contribution in [0.25, 0.3) is 0 Å². The van der Waals surface area contributed by atoms with E-state index in [0.717, 1.165) is 30.6 Å². The molecule has 0 heterocycles. The third-order valence-corrected chi connectivity index (χ3v) is 4.55. The number of carbonyl (C=O) groups excluding carboxylic acids is 1. The Kier molecular flexibility index (Phi) is 8.76. The molecule has 1 amide bonds. The summed E-state index contributed by atoms with van der Waals surface area (Å²) in [6.07, 6.45) is 2.15. The summed E-state index contributed by atoms with van der Waals surface area (Å²) in [7, 11) is 3.73. The number of alkyl carbamates (subject to hydrolysis) is 1. The molecule has 1 aromatic rings. The van der Waals surface area contributed by atoms with Gasteiger partial charge in [-0.1, -0.05) is 30.3 Å². The van der Waals surface area contributed by atoms with Crippen LogP contribution in [0.2, 0.25) is 0 Å². The number of nitrogens with zero attached hydrogens (tertiary/aromatic N) is 2. The summed E-state index contributed by atoms with van der Waals surface area (Å²) in [4.78, 5) is 18.7. The molecule has 0 aromatic heterocycles. The van der Waals surface area contributed by atoms with Gasteiger partial charge in [-0.2, -0.15) is 0 Å². The van der Waals surface area contributed by atoms with E-state index in [2.05, 4.69) is 15.6 Å². The largest absolute Gasteiger partial charge is 0.444 e. The van der Waals surface area contributed by atoms with Crippen LogP contribution in [0.3, 0.4) is 0 Å². The molecule has 162 valence electrons. The Hall–Kier alpha value is -2.28. The lowest BCUT2D eigenvalue weighted by Gasteiger charge is -2.27. The molecule has 0 aliphatic heterocycles. The second-order valence-corrected chi connectivity index (χ2v) is 8.48. The maximum absolute atomic E-state index is 12.3. The molecule has 1 fully saturated rings. The Bertz CT molecular complexity index is 654. The van der Waals surface area contributed by atoms with E-state index in [4.69, 9.17) is 9.47 Å². The topological polar surface area (TPSA) is 75.2 Å². The molecule has 1 unspecified atom stereocenters. The van der Waals surface area contributed by atoms with Gasteiger partial charge < -0.3 is 25.0 Å². The van der Waals surface area contributed by atoms with E-state index in [0.29, 0.717) is 13.2 Å². The summed E-state index contributed by atoms with van der Waals surface area (Å²) >= 11 is 0. The van der Waals surface area contributed by atoms with Gasteiger partial charge in [-0.05, 0) is 45.1 Å². The van der Waals surface area contributed by atoms with Gasteiger partial charge >= 0.3 is 6.09 Å². The Morgan fingerprint density at radius 2 is 1.97 bits per heavy atom. The highest BCUT2D eigenvalue weighted by molar-refractivity contribution is 5.79. The average Bonchev–Trinajstić information content (AvgIpc) is 3.48. The van der Waals surface area contributed by atoms with E-state index >= 15 is 0 Å². The number of hydrogen-bond donors (Lipinski definition) is 2. The van der Waals surface area contributed by atoms with Crippen LogP contribution in [0.4, 0.5) is 4.79 Å². The van der Waals surface area contributed by atoms with E-state index in [1.807, 2.05) is 63.1 Å². The SMILES string of the molecule is CN=C(NCC(NC(=O)OC(C)(C)C)c1ccccc1)N(C)CCOCC1CC1. The fraction of sp³-hybridized carbons (Fsp3) is 0.636. The number of amides is 1. The molecule has 7 heteroatoms. The van der Waals surface area contributed by atoms with E-state index < -0.39 is 11.7 Å². The molecule has 2 N–H and O–H groups in total. The predicted molar refractivity (Wildman–Crippen MR) is 116 cm³/mol. The van der Waals surface area contributed by atoms with E-state index in [-0.39, 0.29) is 6.04 Å². The van der Waals surface area contributed by atoms with E-state index in [9.17, 15) is 4.79 Å². The fourth-order valence-electron chi connectivity index (χ4n) is 2.81. The van der Waals surface area contributed by atoms with Crippen molar-refractivity contribution in [3.63, 3.8) is 0 Å². The molecule has 1 aromatic carbocycles. The molecule has 2 rings (SSSR count). The number of hydrogen-bond acceptors (Lipinski definition) is 4. The van der Waals surface area contributed by atoms with Gasteiger partial charge in [0.25, 0.3) is 0 Å². The van der Waals surface area contributed by atoms with E-state index in [1.165, 1.54) is 12.8 Å². The third-order valence-electron chi connectivity index (χ3n) is 4.55. The molecular formula is C22H36N4O3. The predicted octanol–water partition coefficient (Wildman–Crippen LogP) is 3.19. The minimum atomic E-state index is -0.546. The monoisotopic (exact) mass is 404 g/mol. The normalized spacial score (nSPS) is 15.6. The van der Waals surface area contributed by atoms with Gasteiger partial charge in [-0.15, -0.1) is 0 Å². The quantitative estimate of drug-likeness (QED) is 0.376. The van der Waals surface area contributed by atoms with Crippen molar-refractivity contribution in [2.45, 2.75) is 45.3 Å². The summed E-state index contributed by atoms with van der Waals surface area (Å²) in [5, 5.41) is 6.31. The molecule has 0 spiro atoms. The Morgan fingerprint density at radius 1 is 1.28 bits per heavy atom. The zero-order valence-electron chi connectivity index (χ0n) is 18.4. The van der Waals surface area contributed by atoms with Gasteiger partial charge in [0.15, 0.2) is 5.96 Å². The molecule has 0 radical (unpaired) electrons. The van der Waals surface area contributed by atoms with Crippen molar-refractivity contribution in [1.82, 2.24) is 15.5 Å². The number of ether oxygens (including phenoxy) is 2. The molecule has 7 nitrogen and oxygen atoms in total. The molecule has 1 aliphatic carbocycles. The highest BCUT2D eigenvalue weighted by atomic mass is 16.6. The lowest BCUT2D eigenvalue weighted by molar-refractivity contribution is 0.0504. The lowest BCUT2D eigenvalue weighted by Crippen LogP contribution is -2.45. The zero-order valence-corrected chi connectivity index (χ0v) is 18.4. The van der Waals surface area contributed by atoms with Crippen LogP contribution < -0.4 is 10.6 Å². The molecular weight excluding hydrogens is 368 g/mol. The van der Waals surface area contributed by atoms with Crippen LogP contribution in [-0.4, -0.2) is 63.0 Å². The van der Waals surface area contributed by atoms with Crippen LogP contribution in [-0.2, 0) is 9.47 Å². The summed E-state index contributed by atoms with van der Waals surface area (Å²) in [5.74, 6) is 1.52. The first kappa shape index (κ1) is 23.0. The second kappa shape index (κ2) is 11.0. The first-order valence-electron chi connectivity index (χ1n) is 10.3. The van der Waals surface area contributed by atoms with Crippen LogP contribution >= 0.6 is 0 Å². The number of benzene rings is 1. The molecule has 1 saturated carbocycles. The Balaban J connectivity index is 1.89. The van der Waals surface area contributed by atoms with Crippen LogP contribution in [0.15, 0.2) is 35.3 Å². The number of aliphatic imine (C=N–C) groups is 1. The van der Waals surface area contributed by atoms with Crippen molar-refractivity contribution < 1.29 is 14.3 Å². The highest BCUT2D eigenvalue weighted by Crippen LogP contribution is 2.28. The third kappa shape index (κ3) is 9.17. The van der Waals surface area contributed by atoms with Crippen LogP contribution in [0.5, 0.6) is 0 Å². The fourth-order valence-corrected chi connectivity index (χ4v) is 2.81. The Labute approximate surface area is 174 Å². The van der Waals surface area contributed by atoms with Crippen molar-refractivity contribution >= 4 is 12.1 Å². The maximum atomic E-state index is 12.3. The standard InChI is InChI=1S/C22H36N4O3/c1-22(2,3)29-21(27)25-19(18-9-7-6-8-10-18)15-24-20(23-4)26(5)13-14-28-16-17-11-12-17/h6-10,17,19H,11-16H2,1-5H3,(H,23,24)(H,25,27). The average molecular weight is 405 g/mol. The number of carbonyl (C=O) groups is 1. The molecule has 0 saturated heterocycles. The summed E-state index contributed by atoms with van der Waals surface area (Å²) < 4.78 is 11.1. The van der Waals surface area contributed by atoms with Gasteiger partial charge in [0.05, 0.1) is 12.6 Å². The summed E-state index contributed by atoms with van der Waals surface area (Å²) in [5.41, 5.74) is 0.451. The minimum Gasteiger partial charge on any atom is -0.444 e. The van der Waals surface area contributed by atoms with Crippen molar-refractivity contribution in [2.75, 3.05) is 40.4 Å². The van der Waals surface area contributed by atoms with Crippen LogP contribution in [0, 0.1) is 5.92 Å². The van der Waals surface area contributed by atoms with Gasteiger partial charge in [-0.25, -0.2) is 4.79 Å². The minimum absolute atomic E-state index is 0.248. The molecule has 0 bridgehead atoms. The summed E-state index contributed by atoms with van der Waals surface area (Å²) in [6.45, 7) is 8.33. The lowest BCUT2D eigenvalue weighted by atomic mass is 10.1. The smallest absolute Gasteiger partial charge is 0.408 e. The van der Waals surface area contributed by atoms with Crippen molar-refractivity contribution in [2.24, 2.45) is 10.9 Å². The van der Waals surface area contributed by atoms with Crippen molar-refractivity contribution in [3.8, 4) is 0 Å². The van der Waals surface area contributed by atoms with Crippen LogP contribution in [0.1, 0.15) is 45.2 Å². The van der Waals surface area contributed by atoms with Gasteiger partial charge in [-0.3, -0.25) is 4.99 Å². The molecule has 29 heavy (non-hydrogen) atoms. The Morgan fingerprint density at radius 3 is 2.55 bits per heavy atom. The number of nitrogens with one attached hydrogen (secondary N) is 2. The van der Waals surface area contributed by atoms with E-state index in [1.54, 1.807) is 7.05 Å². The second-order valence-electron chi connectivity index (χ2n) is 8.48. The van der Waals surface area contributed by atoms with Gasteiger partial charge in [0, 0.05) is 33.8 Å². The van der Waals surface area contributed by atoms with Gasteiger partial charge in [0.1, 0.15) is 5.60 Å². The maximum Gasteiger partial charge on any atom is 0.408 e. The first-order chi connectivity index (χ1) is 13.8. The summed E-state index contributed by atoms with van der Waals surface area (Å²) in [6, 6.07) is 9.59. The first-order valence-corrected chi connectivity index (χ1v) is 10.3. The molecule has 1 aliphatic rings. The number of rotatable bonds is 9. The number of likely N-dealkylation sites (N-methyl/N-ethyl adjacent to an activating group) is 1. The van der Waals surface area contributed by atoms with Crippen molar-refractivity contribution in [1.29, 1.82) is 0 Å². The zero-order chi connectivity index (χ0) is 21.3. The highest BCUT2D eigenvalue weighted by Gasteiger charge is 2.22. The number of guanidine groups is 1.